The molecule has 0 bridgehead atoms. The summed E-state index contributed by atoms with van der Waals surface area (Å²) in [5.41, 5.74) is 0.00395. The maximum absolute atomic E-state index is 12.8. The lowest BCUT2D eigenvalue weighted by atomic mass is 10.3. The lowest BCUT2D eigenvalue weighted by Crippen LogP contribution is -1.97. The van der Waals surface area contributed by atoms with Gasteiger partial charge >= 0.3 is 5.97 Å². The summed E-state index contributed by atoms with van der Waals surface area (Å²) in [7, 11) is 0. The molecule has 82 valence electrons. The van der Waals surface area contributed by atoms with E-state index >= 15 is 0 Å². The molecule has 0 spiro atoms. The molecule has 0 aliphatic carbocycles. The van der Waals surface area contributed by atoms with Crippen LogP contribution in [0.2, 0.25) is 0 Å². The van der Waals surface area contributed by atoms with Crippen LogP contribution in [0.25, 0.3) is 0 Å². The molecule has 1 aromatic heterocycles. The van der Waals surface area contributed by atoms with Crippen LogP contribution in [0.5, 0.6) is 11.6 Å². The summed E-state index contributed by atoms with van der Waals surface area (Å²) >= 11 is 0. The van der Waals surface area contributed by atoms with Crippen molar-refractivity contribution in [2.45, 2.75) is 0 Å². The van der Waals surface area contributed by atoms with Crippen LogP contribution in [0.3, 0.4) is 0 Å². The average molecular weight is 221 g/mol. The van der Waals surface area contributed by atoms with Gasteiger partial charge < -0.3 is 14.8 Å². The summed E-state index contributed by atoms with van der Waals surface area (Å²) in [5.74, 6) is -1.23. The zero-order valence-electron chi connectivity index (χ0n) is 8.11. The highest BCUT2D eigenvalue weighted by Crippen LogP contribution is 2.23. The molecule has 0 amide bonds. The summed E-state index contributed by atoms with van der Waals surface area (Å²) in [6, 6.07) is 6.84. The maximum Gasteiger partial charge on any atom is 0.341 e. The second-order valence-corrected chi connectivity index (χ2v) is 3.09. The Morgan fingerprint density at radius 2 is 2.19 bits per heavy atom. The number of aromatic carboxylic acids is 1. The van der Waals surface area contributed by atoms with Crippen molar-refractivity contribution in [2.75, 3.05) is 0 Å². The molecule has 0 saturated heterocycles. The normalized spacial score (nSPS) is 10.1. The Bertz CT molecular complexity index is 521. The first-order valence-electron chi connectivity index (χ1n) is 4.51. The Hall–Kier alpha value is -2.30. The van der Waals surface area contributed by atoms with E-state index in [1.165, 1.54) is 36.5 Å². The standard InChI is InChI=1S/C11H8FNO3/c12-7-2-1-3-8(6-7)16-10-9(11(14)15)4-5-13-10/h1-6,13H,(H,14,15). The van der Waals surface area contributed by atoms with Crippen molar-refractivity contribution in [1.82, 2.24) is 4.98 Å². The summed E-state index contributed by atoms with van der Waals surface area (Å²) < 4.78 is 18.1. The number of carboxylic acid groups (broad SMARTS) is 1. The van der Waals surface area contributed by atoms with Gasteiger partial charge in [-0.3, -0.25) is 0 Å². The van der Waals surface area contributed by atoms with Crippen molar-refractivity contribution in [1.29, 1.82) is 0 Å². The Morgan fingerprint density at radius 1 is 1.38 bits per heavy atom. The summed E-state index contributed by atoms with van der Waals surface area (Å²) in [6.45, 7) is 0. The summed E-state index contributed by atoms with van der Waals surface area (Å²) in [4.78, 5) is 13.4. The fraction of sp³-hybridized carbons (Fsp3) is 0. The number of aromatic amines is 1. The predicted molar refractivity (Wildman–Crippen MR) is 54.2 cm³/mol. The lowest BCUT2D eigenvalue weighted by Gasteiger charge is -2.04. The van der Waals surface area contributed by atoms with Gasteiger partial charge in [0.1, 0.15) is 17.1 Å². The number of benzene rings is 1. The molecule has 2 rings (SSSR count). The van der Waals surface area contributed by atoms with Crippen LogP contribution in [0.1, 0.15) is 10.4 Å². The zero-order chi connectivity index (χ0) is 11.5. The number of rotatable bonds is 3. The Kier molecular flexibility index (Phi) is 2.59. The van der Waals surface area contributed by atoms with E-state index in [0.29, 0.717) is 0 Å². The van der Waals surface area contributed by atoms with Crippen molar-refractivity contribution in [2.24, 2.45) is 0 Å². The summed E-state index contributed by atoms with van der Waals surface area (Å²) in [6.07, 6.45) is 1.44. The third-order valence-corrected chi connectivity index (χ3v) is 1.96. The molecule has 16 heavy (non-hydrogen) atoms. The average Bonchev–Trinajstić information content (AvgIpc) is 2.66. The van der Waals surface area contributed by atoms with Gasteiger partial charge in [0.15, 0.2) is 0 Å². The number of ether oxygens (including phenoxy) is 1. The molecule has 1 heterocycles. The first-order valence-corrected chi connectivity index (χ1v) is 4.51. The number of hydrogen-bond acceptors (Lipinski definition) is 2. The SMILES string of the molecule is O=C(O)c1cc[nH]c1Oc1cccc(F)c1. The van der Waals surface area contributed by atoms with Crippen LogP contribution >= 0.6 is 0 Å². The van der Waals surface area contributed by atoms with E-state index in [1.807, 2.05) is 0 Å². The van der Waals surface area contributed by atoms with Gasteiger partial charge in [-0.2, -0.15) is 0 Å². The van der Waals surface area contributed by atoms with E-state index in [-0.39, 0.29) is 17.2 Å². The minimum atomic E-state index is -1.10. The molecule has 0 atom stereocenters. The van der Waals surface area contributed by atoms with Crippen molar-refractivity contribution >= 4 is 5.97 Å². The van der Waals surface area contributed by atoms with E-state index in [4.69, 9.17) is 9.84 Å². The molecule has 5 heteroatoms. The number of carbonyl (C=O) groups is 1. The molecule has 4 nitrogen and oxygen atoms in total. The Balaban J connectivity index is 2.27. The van der Waals surface area contributed by atoms with Crippen LogP contribution < -0.4 is 4.74 Å². The maximum atomic E-state index is 12.8. The molecular weight excluding hydrogens is 213 g/mol. The van der Waals surface area contributed by atoms with Gasteiger partial charge in [-0.1, -0.05) is 6.07 Å². The van der Waals surface area contributed by atoms with Crippen molar-refractivity contribution in [3.05, 3.63) is 47.9 Å². The smallest absolute Gasteiger partial charge is 0.341 e. The minimum absolute atomic E-state index is 0.00395. The van der Waals surface area contributed by atoms with Crippen LogP contribution in [0, 0.1) is 5.82 Å². The molecule has 1 aromatic carbocycles. The van der Waals surface area contributed by atoms with Crippen molar-refractivity contribution < 1.29 is 19.0 Å². The number of carboxylic acids is 1. The minimum Gasteiger partial charge on any atom is -0.477 e. The van der Waals surface area contributed by atoms with Gasteiger partial charge in [0.2, 0.25) is 5.88 Å². The monoisotopic (exact) mass is 221 g/mol. The van der Waals surface area contributed by atoms with Crippen LogP contribution in [-0.4, -0.2) is 16.1 Å². The zero-order valence-corrected chi connectivity index (χ0v) is 8.11. The second-order valence-electron chi connectivity index (χ2n) is 3.09. The quantitative estimate of drug-likeness (QED) is 0.837. The van der Waals surface area contributed by atoms with Gasteiger partial charge in [-0.15, -0.1) is 0 Å². The third-order valence-electron chi connectivity index (χ3n) is 1.96. The number of halogens is 1. The van der Waals surface area contributed by atoms with Gasteiger partial charge in [0.05, 0.1) is 0 Å². The van der Waals surface area contributed by atoms with E-state index in [2.05, 4.69) is 4.98 Å². The molecule has 2 aromatic rings. The molecule has 0 saturated carbocycles. The van der Waals surface area contributed by atoms with E-state index < -0.39 is 11.8 Å². The van der Waals surface area contributed by atoms with Gasteiger partial charge in [0, 0.05) is 12.3 Å². The fourth-order valence-corrected chi connectivity index (χ4v) is 1.26. The fourth-order valence-electron chi connectivity index (χ4n) is 1.26. The van der Waals surface area contributed by atoms with Gasteiger partial charge in [0.25, 0.3) is 0 Å². The van der Waals surface area contributed by atoms with Crippen molar-refractivity contribution in [3.8, 4) is 11.6 Å². The highest BCUT2D eigenvalue weighted by Gasteiger charge is 2.12. The number of nitrogens with one attached hydrogen (secondary N) is 1. The van der Waals surface area contributed by atoms with Gasteiger partial charge in [-0.25, -0.2) is 9.18 Å². The molecular formula is C11H8FNO3. The van der Waals surface area contributed by atoms with Gasteiger partial charge in [-0.05, 0) is 18.2 Å². The largest absolute Gasteiger partial charge is 0.477 e. The second kappa shape index (κ2) is 4.06. The van der Waals surface area contributed by atoms with E-state index in [0.717, 1.165) is 0 Å². The molecule has 0 aliphatic heterocycles. The number of H-pyrrole nitrogens is 1. The third kappa shape index (κ3) is 2.03. The van der Waals surface area contributed by atoms with Crippen LogP contribution in [0.15, 0.2) is 36.5 Å². The first-order chi connectivity index (χ1) is 7.66. The molecule has 0 unspecified atom stereocenters. The predicted octanol–water partition coefficient (Wildman–Crippen LogP) is 2.64. The van der Waals surface area contributed by atoms with Crippen molar-refractivity contribution in [3.63, 3.8) is 0 Å². The topological polar surface area (TPSA) is 62.3 Å². The highest BCUT2D eigenvalue weighted by molar-refractivity contribution is 5.90. The number of aromatic nitrogens is 1. The molecule has 2 N–H and O–H groups in total. The lowest BCUT2D eigenvalue weighted by molar-refractivity contribution is 0.0694. The van der Waals surface area contributed by atoms with E-state index in [9.17, 15) is 9.18 Å². The first kappa shape index (κ1) is 10.2. The number of hydrogen-bond donors (Lipinski definition) is 2. The molecule has 0 radical (unpaired) electrons. The summed E-state index contributed by atoms with van der Waals surface area (Å²) in [5, 5.41) is 8.81. The highest BCUT2D eigenvalue weighted by atomic mass is 19.1. The Morgan fingerprint density at radius 3 is 2.88 bits per heavy atom. The van der Waals surface area contributed by atoms with Crippen LogP contribution in [-0.2, 0) is 0 Å². The van der Waals surface area contributed by atoms with E-state index in [1.54, 1.807) is 0 Å². The Labute approximate surface area is 90.3 Å². The van der Waals surface area contributed by atoms with Crippen LogP contribution in [0.4, 0.5) is 4.39 Å². The molecule has 0 aliphatic rings. The molecule has 0 fully saturated rings.